The first kappa shape index (κ1) is 14.8. The number of nitriles is 1. The van der Waals surface area contributed by atoms with Gasteiger partial charge in [0.05, 0.1) is 12.7 Å². The van der Waals surface area contributed by atoms with E-state index < -0.39 is 0 Å². The van der Waals surface area contributed by atoms with Gasteiger partial charge in [0.1, 0.15) is 11.8 Å². The molecular formula is C16H22N2O2. The van der Waals surface area contributed by atoms with Gasteiger partial charge in [-0.15, -0.1) is 0 Å². The van der Waals surface area contributed by atoms with Gasteiger partial charge in [-0.3, -0.25) is 4.90 Å². The highest BCUT2D eigenvalue weighted by atomic mass is 16.5. The van der Waals surface area contributed by atoms with Crippen LogP contribution in [0.3, 0.4) is 0 Å². The van der Waals surface area contributed by atoms with E-state index in [0.717, 1.165) is 25.1 Å². The molecule has 1 fully saturated rings. The minimum atomic E-state index is 0.236. The van der Waals surface area contributed by atoms with Crippen LogP contribution in [0.25, 0.3) is 0 Å². The van der Waals surface area contributed by atoms with E-state index in [9.17, 15) is 0 Å². The van der Waals surface area contributed by atoms with Crippen molar-refractivity contribution in [2.75, 3.05) is 20.3 Å². The fraction of sp³-hybridized carbons (Fsp3) is 0.562. The molecule has 0 heterocycles. The van der Waals surface area contributed by atoms with Crippen LogP contribution in [0.2, 0.25) is 0 Å². The van der Waals surface area contributed by atoms with Crippen molar-refractivity contribution in [3.63, 3.8) is 0 Å². The molecule has 1 N–H and O–H groups in total. The summed E-state index contributed by atoms with van der Waals surface area (Å²) in [5, 5.41) is 18.0. The van der Waals surface area contributed by atoms with Crippen LogP contribution in [-0.2, 0) is 6.54 Å². The summed E-state index contributed by atoms with van der Waals surface area (Å²) in [6.07, 6.45) is 4.61. The van der Waals surface area contributed by atoms with Crippen molar-refractivity contribution in [2.24, 2.45) is 0 Å². The number of aliphatic hydroxyl groups is 1. The second-order valence-electron chi connectivity index (χ2n) is 5.28. The Morgan fingerprint density at radius 1 is 1.45 bits per heavy atom. The van der Waals surface area contributed by atoms with Gasteiger partial charge in [-0.25, -0.2) is 0 Å². The summed E-state index contributed by atoms with van der Waals surface area (Å²) in [6, 6.07) is 8.53. The van der Waals surface area contributed by atoms with Crippen LogP contribution in [0.5, 0.6) is 5.75 Å². The largest absolute Gasteiger partial charge is 0.495 e. The van der Waals surface area contributed by atoms with Crippen molar-refractivity contribution < 1.29 is 9.84 Å². The quantitative estimate of drug-likeness (QED) is 0.829. The predicted molar refractivity (Wildman–Crippen MR) is 77.5 cm³/mol. The Morgan fingerprint density at radius 3 is 2.80 bits per heavy atom. The molecule has 0 spiro atoms. The summed E-state index contributed by atoms with van der Waals surface area (Å²) in [6.45, 7) is 2.01. The van der Waals surface area contributed by atoms with Gasteiger partial charge in [0.2, 0.25) is 0 Å². The Morgan fingerprint density at radius 2 is 2.25 bits per heavy atom. The molecule has 4 heteroatoms. The topological polar surface area (TPSA) is 56.5 Å². The molecule has 0 unspecified atom stereocenters. The van der Waals surface area contributed by atoms with Crippen LogP contribution in [0.1, 0.15) is 36.8 Å². The number of ether oxygens (including phenoxy) is 1. The lowest BCUT2D eigenvalue weighted by molar-refractivity contribution is 0.109. The lowest BCUT2D eigenvalue weighted by Crippen LogP contribution is -2.40. The first-order valence-electron chi connectivity index (χ1n) is 7.20. The molecule has 1 aromatic carbocycles. The molecule has 1 aromatic rings. The highest BCUT2D eigenvalue weighted by molar-refractivity contribution is 5.45. The van der Waals surface area contributed by atoms with Gasteiger partial charge in [-0.2, -0.15) is 5.26 Å². The summed E-state index contributed by atoms with van der Waals surface area (Å²) in [4.78, 5) is 2.43. The Hall–Kier alpha value is -1.57. The first-order chi connectivity index (χ1) is 9.78. The molecule has 1 aliphatic rings. The number of hydrogen-bond acceptors (Lipinski definition) is 4. The normalized spacial score (nSPS) is 14.9. The predicted octanol–water partition coefficient (Wildman–Crippen LogP) is 2.30. The van der Waals surface area contributed by atoms with E-state index in [-0.39, 0.29) is 6.61 Å². The summed E-state index contributed by atoms with van der Waals surface area (Å²) < 4.78 is 5.26. The number of rotatable bonds is 7. The summed E-state index contributed by atoms with van der Waals surface area (Å²) in [5.41, 5.74) is 1.73. The van der Waals surface area contributed by atoms with Crippen molar-refractivity contribution in [1.29, 1.82) is 5.26 Å². The number of nitrogens with zero attached hydrogens (tertiary/aromatic N) is 2. The minimum Gasteiger partial charge on any atom is -0.495 e. The van der Waals surface area contributed by atoms with Crippen molar-refractivity contribution in [3.05, 3.63) is 29.3 Å². The Kier molecular flexibility index (Phi) is 5.40. The molecule has 20 heavy (non-hydrogen) atoms. The lowest BCUT2D eigenvalue weighted by Gasteiger charge is -2.37. The number of aliphatic hydroxyl groups excluding tert-OH is 1. The van der Waals surface area contributed by atoms with E-state index in [1.165, 1.54) is 19.3 Å². The van der Waals surface area contributed by atoms with Gasteiger partial charge in [0.15, 0.2) is 0 Å². The Bertz CT molecular complexity index is 478. The maximum Gasteiger partial charge on any atom is 0.136 e. The Labute approximate surface area is 120 Å². The van der Waals surface area contributed by atoms with Crippen molar-refractivity contribution in [1.82, 2.24) is 4.90 Å². The number of benzene rings is 1. The SMILES string of the molecule is COc1cc(CN(CCCO)C2CCC2)ccc1C#N. The van der Waals surface area contributed by atoms with Crippen LogP contribution in [0.4, 0.5) is 0 Å². The van der Waals surface area contributed by atoms with Crippen LogP contribution >= 0.6 is 0 Å². The molecule has 108 valence electrons. The summed E-state index contributed by atoms with van der Waals surface area (Å²) in [7, 11) is 1.59. The molecule has 0 aromatic heterocycles. The standard InChI is InChI=1S/C16H22N2O2/c1-20-16-10-13(6-7-14(16)11-17)12-18(8-3-9-19)15-4-2-5-15/h6-7,10,15,19H,2-5,8-9,12H2,1H3. The smallest absolute Gasteiger partial charge is 0.136 e. The fourth-order valence-electron chi connectivity index (χ4n) is 2.58. The molecule has 0 radical (unpaired) electrons. The van der Waals surface area contributed by atoms with Crippen molar-refractivity contribution >= 4 is 0 Å². The van der Waals surface area contributed by atoms with Crippen molar-refractivity contribution in [2.45, 2.75) is 38.3 Å². The third-order valence-electron chi connectivity index (χ3n) is 3.97. The zero-order valence-electron chi connectivity index (χ0n) is 12.0. The molecule has 0 aliphatic heterocycles. The monoisotopic (exact) mass is 274 g/mol. The average Bonchev–Trinajstić information content (AvgIpc) is 2.42. The Balaban J connectivity index is 2.07. The third kappa shape index (κ3) is 3.50. The summed E-state index contributed by atoms with van der Waals surface area (Å²) >= 11 is 0. The third-order valence-corrected chi connectivity index (χ3v) is 3.97. The first-order valence-corrected chi connectivity index (χ1v) is 7.20. The minimum absolute atomic E-state index is 0.236. The molecule has 4 nitrogen and oxygen atoms in total. The van der Waals surface area contributed by atoms with Gasteiger partial charge in [-0.05, 0) is 37.0 Å². The van der Waals surface area contributed by atoms with E-state index in [2.05, 4.69) is 11.0 Å². The molecule has 0 atom stereocenters. The zero-order valence-corrected chi connectivity index (χ0v) is 12.0. The molecule has 0 saturated heterocycles. The van der Waals surface area contributed by atoms with Gasteiger partial charge in [0.25, 0.3) is 0 Å². The second-order valence-corrected chi connectivity index (χ2v) is 5.28. The van der Waals surface area contributed by atoms with Gasteiger partial charge in [-0.1, -0.05) is 12.5 Å². The maximum absolute atomic E-state index is 9.02. The fourth-order valence-corrected chi connectivity index (χ4v) is 2.58. The second kappa shape index (κ2) is 7.28. The molecule has 1 aliphatic carbocycles. The highest BCUT2D eigenvalue weighted by Gasteiger charge is 2.24. The van der Waals surface area contributed by atoms with E-state index >= 15 is 0 Å². The van der Waals surface area contributed by atoms with E-state index in [0.29, 0.717) is 17.4 Å². The van der Waals surface area contributed by atoms with Crippen LogP contribution < -0.4 is 4.74 Å². The lowest BCUT2D eigenvalue weighted by atomic mass is 9.91. The maximum atomic E-state index is 9.02. The van der Waals surface area contributed by atoms with Gasteiger partial charge < -0.3 is 9.84 Å². The van der Waals surface area contributed by atoms with Crippen LogP contribution in [0, 0.1) is 11.3 Å². The highest BCUT2D eigenvalue weighted by Crippen LogP contribution is 2.27. The average molecular weight is 274 g/mol. The van der Waals surface area contributed by atoms with Crippen molar-refractivity contribution in [3.8, 4) is 11.8 Å². The van der Waals surface area contributed by atoms with Crippen LogP contribution in [0.15, 0.2) is 18.2 Å². The molecule has 1 saturated carbocycles. The van der Waals surface area contributed by atoms with Crippen LogP contribution in [-0.4, -0.2) is 36.3 Å². The molecular weight excluding hydrogens is 252 g/mol. The molecule has 2 rings (SSSR count). The number of methoxy groups -OCH3 is 1. The number of hydrogen-bond donors (Lipinski definition) is 1. The van der Waals surface area contributed by atoms with E-state index in [4.69, 9.17) is 15.1 Å². The van der Waals surface area contributed by atoms with Gasteiger partial charge in [0, 0.05) is 25.7 Å². The van der Waals surface area contributed by atoms with Gasteiger partial charge >= 0.3 is 0 Å². The van der Waals surface area contributed by atoms with E-state index in [1.807, 2.05) is 18.2 Å². The molecule has 0 amide bonds. The van der Waals surface area contributed by atoms with E-state index in [1.54, 1.807) is 7.11 Å². The summed E-state index contributed by atoms with van der Waals surface area (Å²) in [5.74, 6) is 0.640. The molecule has 0 bridgehead atoms. The zero-order chi connectivity index (χ0) is 14.4.